The molecule has 230 valence electrons. The van der Waals surface area contributed by atoms with Gasteiger partial charge in [-0.3, -0.25) is 9.59 Å². The summed E-state index contributed by atoms with van der Waals surface area (Å²) in [7, 11) is 0. The van der Waals surface area contributed by atoms with Crippen LogP contribution in [0.15, 0.2) is 72.8 Å². The molecule has 7 heteroatoms. The predicted molar refractivity (Wildman–Crippen MR) is 171 cm³/mol. The number of likely N-dealkylation sites (tertiary alicyclic amines) is 1. The van der Waals surface area contributed by atoms with Crippen molar-refractivity contribution < 1.29 is 19.1 Å². The van der Waals surface area contributed by atoms with Gasteiger partial charge in [0.05, 0.1) is 12.1 Å². The third-order valence-corrected chi connectivity index (χ3v) is 9.91. The molecule has 0 unspecified atom stereocenters. The number of aryl methyl sites for hydroxylation is 1. The molecule has 0 bridgehead atoms. The van der Waals surface area contributed by atoms with Crippen molar-refractivity contribution in [2.24, 2.45) is 11.3 Å². The fourth-order valence-electron chi connectivity index (χ4n) is 7.03. The third-order valence-electron chi connectivity index (χ3n) is 9.91. The monoisotopic (exact) mass is 593 g/mol. The summed E-state index contributed by atoms with van der Waals surface area (Å²) in [6.45, 7) is 8.50. The number of carbonyl (C=O) groups is 3. The predicted octanol–water partition coefficient (Wildman–Crippen LogP) is 6.37. The van der Waals surface area contributed by atoms with Gasteiger partial charge in [0, 0.05) is 18.4 Å². The number of fused-ring (bicyclic) bond motifs is 4. The lowest BCUT2D eigenvalue weighted by atomic mass is 9.81. The molecule has 7 nitrogen and oxygen atoms in total. The van der Waals surface area contributed by atoms with Gasteiger partial charge in [-0.2, -0.15) is 0 Å². The zero-order chi connectivity index (χ0) is 31.0. The summed E-state index contributed by atoms with van der Waals surface area (Å²) in [6, 6.07) is 23.6. The number of rotatable bonds is 6. The largest absolute Gasteiger partial charge is 0.449 e. The van der Waals surface area contributed by atoms with Crippen molar-refractivity contribution in [3.05, 3.63) is 95.1 Å². The molecule has 0 radical (unpaired) electrons. The first-order chi connectivity index (χ1) is 21.1. The number of nitrogens with zero attached hydrogens (tertiary/aromatic N) is 1. The van der Waals surface area contributed by atoms with Gasteiger partial charge in [-0.1, -0.05) is 100 Å². The Bertz CT molecular complexity index is 1510. The average Bonchev–Trinajstić information content (AvgIpc) is 3.58. The van der Waals surface area contributed by atoms with Gasteiger partial charge in [-0.15, -0.1) is 0 Å². The van der Waals surface area contributed by atoms with Crippen LogP contribution in [-0.4, -0.2) is 48.0 Å². The minimum absolute atomic E-state index is 0.0423. The Labute approximate surface area is 260 Å². The first kappa shape index (κ1) is 29.9. The molecule has 1 aliphatic heterocycles. The molecular formula is C37H43N3O4. The van der Waals surface area contributed by atoms with Gasteiger partial charge >= 0.3 is 6.09 Å². The van der Waals surface area contributed by atoms with Crippen LogP contribution in [0.1, 0.15) is 81.2 Å². The Morgan fingerprint density at radius 1 is 0.886 bits per heavy atom. The minimum atomic E-state index is -0.666. The van der Waals surface area contributed by atoms with Crippen LogP contribution in [0, 0.1) is 11.3 Å². The van der Waals surface area contributed by atoms with E-state index in [2.05, 4.69) is 47.0 Å². The summed E-state index contributed by atoms with van der Waals surface area (Å²) < 4.78 is 5.80. The highest BCUT2D eigenvalue weighted by Crippen LogP contribution is 2.44. The van der Waals surface area contributed by atoms with E-state index in [1.807, 2.05) is 64.1 Å². The van der Waals surface area contributed by atoms with E-state index < -0.39 is 18.2 Å². The molecule has 2 aliphatic carbocycles. The average molecular weight is 594 g/mol. The number of alkyl carbamates (subject to hydrolysis) is 1. The summed E-state index contributed by atoms with van der Waals surface area (Å²) in [5.74, 6) is -0.572. The molecule has 1 saturated heterocycles. The Kier molecular flexibility index (Phi) is 8.23. The highest BCUT2D eigenvalue weighted by atomic mass is 16.5. The molecule has 3 aliphatic rings. The van der Waals surface area contributed by atoms with Crippen LogP contribution in [0.25, 0.3) is 11.1 Å². The zero-order valence-electron chi connectivity index (χ0n) is 26.1. The Morgan fingerprint density at radius 3 is 2.16 bits per heavy atom. The molecule has 6 rings (SSSR count). The molecule has 0 aromatic heterocycles. The molecule has 0 saturated carbocycles. The molecule has 1 heterocycles. The fraction of sp³-hybridized carbons (Fsp3) is 0.432. The number of benzene rings is 3. The van der Waals surface area contributed by atoms with Crippen molar-refractivity contribution in [2.45, 2.75) is 77.4 Å². The smallest absolute Gasteiger partial charge is 0.407 e. The number of carbonyl (C=O) groups excluding carboxylic acids is 3. The van der Waals surface area contributed by atoms with E-state index in [1.165, 1.54) is 16.7 Å². The quantitative estimate of drug-likeness (QED) is 0.348. The summed E-state index contributed by atoms with van der Waals surface area (Å²) in [4.78, 5) is 42.4. The Hall–Kier alpha value is -4.13. The second-order valence-corrected chi connectivity index (χ2v) is 13.6. The molecule has 44 heavy (non-hydrogen) atoms. The maximum atomic E-state index is 13.8. The van der Waals surface area contributed by atoms with Crippen molar-refractivity contribution in [2.75, 3.05) is 13.2 Å². The van der Waals surface area contributed by atoms with Gasteiger partial charge in [0.2, 0.25) is 11.8 Å². The Morgan fingerprint density at radius 2 is 1.50 bits per heavy atom. The highest BCUT2D eigenvalue weighted by Gasteiger charge is 2.44. The van der Waals surface area contributed by atoms with Crippen LogP contribution in [0.2, 0.25) is 0 Å². The van der Waals surface area contributed by atoms with Crippen molar-refractivity contribution in [1.82, 2.24) is 15.5 Å². The number of hydrogen-bond donors (Lipinski definition) is 2. The lowest BCUT2D eigenvalue weighted by Gasteiger charge is -2.34. The summed E-state index contributed by atoms with van der Waals surface area (Å²) in [5, 5.41) is 6.24. The van der Waals surface area contributed by atoms with E-state index >= 15 is 0 Å². The van der Waals surface area contributed by atoms with Crippen LogP contribution in [0.3, 0.4) is 0 Å². The van der Waals surface area contributed by atoms with E-state index in [-0.39, 0.29) is 48.3 Å². The van der Waals surface area contributed by atoms with Crippen molar-refractivity contribution in [3.8, 4) is 11.1 Å². The number of amides is 3. The molecule has 0 spiro atoms. The molecule has 2 N–H and O–H groups in total. The zero-order valence-corrected chi connectivity index (χ0v) is 26.1. The summed E-state index contributed by atoms with van der Waals surface area (Å²) in [6.07, 6.45) is 2.68. The fourth-order valence-corrected chi connectivity index (χ4v) is 7.03. The van der Waals surface area contributed by atoms with E-state index in [0.717, 1.165) is 36.0 Å². The molecule has 3 amide bonds. The molecule has 1 fully saturated rings. The third kappa shape index (κ3) is 5.84. The molecule has 3 aromatic rings. The number of ether oxygens (including phenoxy) is 1. The minimum Gasteiger partial charge on any atom is -0.449 e. The normalized spacial score (nSPS) is 21.5. The standard InChI is InChI=1S/C37H43N3O4/c1-23(37(2,3)4)35(42)40-21-25(20-33(40)34(41)39-32-19-11-13-24-12-5-6-14-26(24)32)38-36(43)44-22-31-29-17-9-7-15-27(29)28-16-8-10-18-30(28)31/h5-10,12,14-18,23,25,31-33H,11,13,19-22H2,1-4H3,(H,38,43)(H,39,41)/t23-,25+,32-,33+/m1/s1. The van der Waals surface area contributed by atoms with E-state index in [0.29, 0.717) is 6.42 Å². The van der Waals surface area contributed by atoms with Crippen molar-refractivity contribution in [1.29, 1.82) is 0 Å². The van der Waals surface area contributed by atoms with Crippen LogP contribution in [0.5, 0.6) is 0 Å². The first-order valence-electron chi connectivity index (χ1n) is 15.9. The topological polar surface area (TPSA) is 87.7 Å². The maximum Gasteiger partial charge on any atom is 0.407 e. The van der Waals surface area contributed by atoms with Crippen molar-refractivity contribution >= 4 is 17.9 Å². The van der Waals surface area contributed by atoms with E-state index in [9.17, 15) is 14.4 Å². The van der Waals surface area contributed by atoms with Crippen LogP contribution in [-0.2, 0) is 20.7 Å². The maximum absolute atomic E-state index is 13.8. The van der Waals surface area contributed by atoms with Gasteiger partial charge in [0.25, 0.3) is 0 Å². The summed E-state index contributed by atoms with van der Waals surface area (Å²) in [5.41, 5.74) is 6.79. The molecule has 4 atom stereocenters. The van der Waals surface area contributed by atoms with E-state index in [4.69, 9.17) is 4.74 Å². The van der Waals surface area contributed by atoms with Crippen molar-refractivity contribution in [3.63, 3.8) is 0 Å². The first-order valence-corrected chi connectivity index (χ1v) is 15.9. The number of hydrogen-bond acceptors (Lipinski definition) is 4. The molecular weight excluding hydrogens is 550 g/mol. The highest BCUT2D eigenvalue weighted by molar-refractivity contribution is 5.90. The van der Waals surface area contributed by atoms with Crippen LogP contribution in [0.4, 0.5) is 4.79 Å². The van der Waals surface area contributed by atoms with Gasteiger partial charge in [-0.25, -0.2) is 4.79 Å². The second-order valence-electron chi connectivity index (χ2n) is 13.6. The Balaban J connectivity index is 1.14. The van der Waals surface area contributed by atoms with Gasteiger partial charge < -0.3 is 20.3 Å². The second kappa shape index (κ2) is 12.1. The SMILES string of the molecule is C[C@H](C(=O)N1C[C@@H](NC(=O)OCC2c3ccccc3-c3ccccc32)C[C@H]1C(=O)N[C@@H]1CCCc2ccccc21)C(C)(C)C. The van der Waals surface area contributed by atoms with E-state index in [1.54, 1.807) is 4.90 Å². The van der Waals surface area contributed by atoms with Gasteiger partial charge in [0.15, 0.2) is 0 Å². The molecule has 3 aromatic carbocycles. The lowest BCUT2D eigenvalue weighted by molar-refractivity contribution is -0.144. The number of nitrogens with one attached hydrogen (secondary N) is 2. The summed E-state index contributed by atoms with van der Waals surface area (Å²) >= 11 is 0. The van der Waals surface area contributed by atoms with Gasteiger partial charge in [0.1, 0.15) is 12.6 Å². The van der Waals surface area contributed by atoms with Crippen LogP contribution < -0.4 is 10.6 Å². The van der Waals surface area contributed by atoms with Gasteiger partial charge in [-0.05, 0) is 64.5 Å². The van der Waals surface area contributed by atoms with Crippen LogP contribution >= 0.6 is 0 Å². The lowest BCUT2D eigenvalue weighted by Crippen LogP contribution is -2.50.